The van der Waals surface area contributed by atoms with Crippen LogP contribution in [0.2, 0.25) is 0 Å². The van der Waals surface area contributed by atoms with Crippen LogP contribution in [0.3, 0.4) is 0 Å². The monoisotopic (exact) mass is 469 g/mol. The van der Waals surface area contributed by atoms with Gasteiger partial charge < -0.3 is 4.57 Å². The molecule has 1 aliphatic heterocycles. The van der Waals surface area contributed by atoms with Gasteiger partial charge in [-0.1, -0.05) is 60.7 Å². The number of fused-ring (bicyclic) bond motifs is 1. The highest BCUT2D eigenvalue weighted by atomic mass is 32.2. The van der Waals surface area contributed by atoms with Crippen molar-refractivity contribution in [3.63, 3.8) is 0 Å². The molecule has 1 saturated heterocycles. The maximum atomic E-state index is 13.1. The van der Waals surface area contributed by atoms with Gasteiger partial charge in [-0.05, 0) is 46.3 Å². The van der Waals surface area contributed by atoms with Gasteiger partial charge in [-0.15, -0.1) is 0 Å². The molecule has 168 valence electrons. The predicted octanol–water partition coefficient (Wildman–Crippen LogP) is 5.83. The first-order valence-electron chi connectivity index (χ1n) is 10.6. The zero-order valence-corrected chi connectivity index (χ0v) is 18.8. The van der Waals surface area contributed by atoms with Gasteiger partial charge in [0.1, 0.15) is 0 Å². The van der Waals surface area contributed by atoms with Crippen molar-refractivity contribution in [1.29, 1.82) is 0 Å². The van der Waals surface area contributed by atoms with Crippen LogP contribution in [0.25, 0.3) is 16.8 Å². The number of thioether (sulfide) groups is 1. The molecular formula is C26H19N3O4S. The molecule has 1 aliphatic rings. The van der Waals surface area contributed by atoms with Gasteiger partial charge in [0.25, 0.3) is 16.8 Å². The van der Waals surface area contributed by atoms with Crippen LogP contribution in [0.5, 0.6) is 0 Å². The Morgan fingerprint density at radius 1 is 0.853 bits per heavy atom. The molecule has 5 rings (SSSR count). The SMILES string of the molecule is O=C1S/C(=C\c2cccn2Cc2ccccc2[N+](=O)[O-])C(=O)N1Cc1cccc2ccccc12. The zero-order valence-electron chi connectivity index (χ0n) is 18.0. The van der Waals surface area contributed by atoms with Crippen molar-refractivity contribution in [1.82, 2.24) is 9.47 Å². The molecule has 3 aromatic carbocycles. The number of nitro groups is 1. The molecular weight excluding hydrogens is 450 g/mol. The number of amides is 2. The molecule has 2 amide bonds. The second-order valence-corrected chi connectivity index (χ2v) is 8.85. The molecule has 34 heavy (non-hydrogen) atoms. The fourth-order valence-electron chi connectivity index (χ4n) is 4.08. The highest BCUT2D eigenvalue weighted by Gasteiger charge is 2.35. The van der Waals surface area contributed by atoms with Crippen molar-refractivity contribution < 1.29 is 14.5 Å². The van der Waals surface area contributed by atoms with E-state index in [4.69, 9.17) is 0 Å². The van der Waals surface area contributed by atoms with Crippen molar-refractivity contribution >= 4 is 45.4 Å². The molecule has 7 nitrogen and oxygen atoms in total. The minimum Gasteiger partial charge on any atom is -0.343 e. The van der Waals surface area contributed by atoms with Crippen molar-refractivity contribution in [3.8, 4) is 0 Å². The maximum absolute atomic E-state index is 13.1. The Morgan fingerprint density at radius 2 is 1.59 bits per heavy atom. The quantitative estimate of drug-likeness (QED) is 0.201. The highest BCUT2D eigenvalue weighted by molar-refractivity contribution is 8.18. The van der Waals surface area contributed by atoms with E-state index in [-0.39, 0.29) is 29.9 Å². The summed E-state index contributed by atoms with van der Waals surface area (Å²) >= 11 is 0.905. The minimum absolute atomic E-state index is 0.0394. The summed E-state index contributed by atoms with van der Waals surface area (Å²) in [5.74, 6) is -0.346. The van der Waals surface area contributed by atoms with Crippen LogP contribution >= 0.6 is 11.8 Å². The van der Waals surface area contributed by atoms with E-state index in [0.29, 0.717) is 16.2 Å². The first-order chi connectivity index (χ1) is 16.5. The summed E-state index contributed by atoms with van der Waals surface area (Å²) < 4.78 is 1.82. The van der Waals surface area contributed by atoms with Crippen molar-refractivity contribution in [2.45, 2.75) is 13.1 Å². The number of para-hydroxylation sites is 1. The van der Waals surface area contributed by atoms with Gasteiger partial charge in [-0.25, -0.2) is 0 Å². The molecule has 0 unspecified atom stereocenters. The summed E-state index contributed by atoms with van der Waals surface area (Å²) in [5, 5.41) is 13.1. The Hall–Kier alpha value is -4.17. The van der Waals surface area contributed by atoms with E-state index in [2.05, 4.69) is 0 Å². The number of hydrogen-bond acceptors (Lipinski definition) is 5. The van der Waals surface area contributed by atoms with Crippen LogP contribution < -0.4 is 0 Å². The molecule has 8 heteroatoms. The van der Waals surface area contributed by atoms with Crippen LogP contribution in [0.1, 0.15) is 16.8 Å². The Labute approximate surface area is 199 Å². The summed E-state index contributed by atoms with van der Waals surface area (Å²) in [6, 6.07) is 23.9. The molecule has 0 bridgehead atoms. The van der Waals surface area contributed by atoms with Crippen LogP contribution in [0, 0.1) is 10.1 Å². The Kier molecular flexibility index (Phi) is 5.73. The average Bonchev–Trinajstić information content (AvgIpc) is 3.38. The van der Waals surface area contributed by atoms with Crippen LogP contribution in [0.15, 0.2) is 90.0 Å². The highest BCUT2D eigenvalue weighted by Crippen LogP contribution is 2.34. The van der Waals surface area contributed by atoms with E-state index >= 15 is 0 Å². The lowest BCUT2D eigenvalue weighted by molar-refractivity contribution is -0.385. The number of hydrogen-bond donors (Lipinski definition) is 0. The second-order valence-electron chi connectivity index (χ2n) is 7.85. The fraction of sp³-hybridized carbons (Fsp3) is 0.0769. The first-order valence-corrected chi connectivity index (χ1v) is 11.4. The van der Waals surface area contributed by atoms with Gasteiger partial charge in [0.2, 0.25) is 0 Å². The second kappa shape index (κ2) is 8.99. The number of carbonyl (C=O) groups is 2. The molecule has 0 aliphatic carbocycles. The smallest absolute Gasteiger partial charge is 0.293 e. The molecule has 0 spiro atoms. The van der Waals surface area contributed by atoms with E-state index in [0.717, 1.165) is 28.1 Å². The third kappa shape index (κ3) is 4.11. The Balaban J connectivity index is 1.40. The summed E-state index contributed by atoms with van der Waals surface area (Å²) in [6.45, 7) is 0.469. The number of benzene rings is 3. The van der Waals surface area contributed by atoms with Crippen molar-refractivity contribution in [2.75, 3.05) is 0 Å². The summed E-state index contributed by atoms with van der Waals surface area (Å²) in [5.41, 5.74) is 2.19. The van der Waals surface area contributed by atoms with Crippen LogP contribution in [-0.2, 0) is 17.9 Å². The molecule has 0 atom stereocenters. The van der Waals surface area contributed by atoms with Gasteiger partial charge >= 0.3 is 0 Å². The van der Waals surface area contributed by atoms with Gasteiger partial charge in [0.05, 0.1) is 22.9 Å². The third-order valence-electron chi connectivity index (χ3n) is 5.75. The largest absolute Gasteiger partial charge is 0.343 e. The summed E-state index contributed by atoms with van der Waals surface area (Å²) in [6.07, 6.45) is 3.46. The minimum atomic E-state index is -0.406. The van der Waals surface area contributed by atoms with Crippen LogP contribution in [0.4, 0.5) is 10.5 Å². The molecule has 1 fully saturated rings. The number of nitro benzene ring substituents is 1. The Morgan fingerprint density at radius 3 is 2.44 bits per heavy atom. The molecule has 4 aromatic rings. The van der Waals surface area contributed by atoms with E-state index in [1.807, 2.05) is 53.1 Å². The standard InChI is InChI=1S/C26H19N3O4S/c30-25-24(15-21-11-6-14-27(21)16-20-8-2-4-13-23(20)29(32)33)34-26(31)28(25)17-19-10-5-9-18-7-1-3-12-22(18)19/h1-15H,16-17H2/b24-15-. The fourth-order valence-corrected chi connectivity index (χ4v) is 4.90. The van der Waals surface area contributed by atoms with E-state index in [1.54, 1.807) is 36.5 Å². The first kappa shape index (κ1) is 21.7. The lowest BCUT2D eigenvalue weighted by atomic mass is 10.0. The molecule has 0 radical (unpaired) electrons. The van der Waals surface area contributed by atoms with E-state index in [1.165, 1.54) is 11.0 Å². The molecule has 1 aromatic heterocycles. The lowest BCUT2D eigenvalue weighted by Crippen LogP contribution is -2.27. The maximum Gasteiger partial charge on any atom is 0.293 e. The predicted molar refractivity (Wildman–Crippen MR) is 132 cm³/mol. The van der Waals surface area contributed by atoms with Gasteiger partial charge in [-0.3, -0.25) is 24.6 Å². The van der Waals surface area contributed by atoms with Crippen molar-refractivity contribution in [2.24, 2.45) is 0 Å². The van der Waals surface area contributed by atoms with Crippen LogP contribution in [-0.4, -0.2) is 25.5 Å². The normalized spacial score (nSPS) is 14.9. The topological polar surface area (TPSA) is 85.5 Å². The number of carbonyl (C=O) groups excluding carboxylic acids is 2. The van der Waals surface area contributed by atoms with E-state index < -0.39 is 4.92 Å². The number of nitrogens with zero attached hydrogens (tertiary/aromatic N) is 3. The molecule has 0 N–H and O–H groups in total. The van der Waals surface area contributed by atoms with E-state index in [9.17, 15) is 19.7 Å². The van der Waals surface area contributed by atoms with Gasteiger partial charge in [0.15, 0.2) is 0 Å². The third-order valence-corrected chi connectivity index (χ3v) is 6.66. The number of rotatable bonds is 6. The Bertz CT molecular complexity index is 1470. The average molecular weight is 470 g/mol. The number of imide groups is 1. The van der Waals surface area contributed by atoms with Gasteiger partial charge in [-0.2, -0.15) is 0 Å². The lowest BCUT2D eigenvalue weighted by Gasteiger charge is -2.14. The summed E-state index contributed by atoms with van der Waals surface area (Å²) in [4.78, 5) is 38.4. The van der Waals surface area contributed by atoms with Gasteiger partial charge in [0, 0.05) is 23.5 Å². The number of aromatic nitrogens is 1. The van der Waals surface area contributed by atoms with Crippen molar-refractivity contribution in [3.05, 3.63) is 117 Å². The molecule has 2 heterocycles. The molecule has 0 saturated carbocycles. The zero-order chi connectivity index (χ0) is 23.7. The summed E-state index contributed by atoms with van der Waals surface area (Å²) in [7, 11) is 0.